The smallest absolute Gasteiger partial charge is 0.201 e. The van der Waals surface area contributed by atoms with Crippen molar-refractivity contribution in [2.24, 2.45) is 28.6 Å². The molecule has 0 aromatic heterocycles. The van der Waals surface area contributed by atoms with Crippen molar-refractivity contribution in [3.8, 4) is 11.8 Å². The third-order valence-corrected chi connectivity index (χ3v) is 6.47. The SMILES string of the molecule is COc1ccc(N/N=C(\C#N)C(=N)N)cc1C12CC3CC(CC(C3)C1)C2. The lowest BCUT2D eigenvalue weighted by atomic mass is 9.48. The molecule has 6 nitrogen and oxygen atoms in total. The molecule has 136 valence electrons. The van der Waals surface area contributed by atoms with Gasteiger partial charge in [0.25, 0.3) is 0 Å². The zero-order valence-corrected chi connectivity index (χ0v) is 15.1. The minimum absolute atomic E-state index is 0.114. The van der Waals surface area contributed by atoms with Gasteiger partial charge >= 0.3 is 0 Å². The first-order chi connectivity index (χ1) is 12.5. The van der Waals surface area contributed by atoms with E-state index >= 15 is 0 Å². The van der Waals surface area contributed by atoms with Crippen molar-refractivity contribution in [3.05, 3.63) is 23.8 Å². The van der Waals surface area contributed by atoms with Crippen LogP contribution < -0.4 is 15.9 Å². The van der Waals surface area contributed by atoms with Crippen molar-refractivity contribution >= 4 is 17.2 Å². The maximum absolute atomic E-state index is 9.00. The number of benzene rings is 1. The van der Waals surface area contributed by atoms with Crippen molar-refractivity contribution in [1.29, 1.82) is 10.7 Å². The van der Waals surface area contributed by atoms with Crippen LogP contribution in [0.25, 0.3) is 0 Å². The van der Waals surface area contributed by atoms with Crippen LogP contribution in [0.4, 0.5) is 5.69 Å². The summed E-state index contributed by atoms with van der Waals surface area (Å²) in [5, 5.41) is 20.3. The summed E-state index contributed by atoms with van der Waals surface area (Å²) in [5.41, 5.74) is 10.4. The average molecular weight is 351 g/mol. The fourth-order valence-electron chi connectivity index (χ4n) is 5.90. The van der Waals surface area contributed by atoms with Gasteiger partial charge in [0.2, 0.25) is 5.71 Å². The summed E-state index contributed by atoms with van der Waals surface area (Å²) in [5.74, 6) is 3.15. The van der Waals surface area contributed by atoms with Crippen LogP contribution in [-0.2, 0) is 5.41 Å². The highest BCUT2D eigenvalue weighted by molar-refractivity contribution is 6.45. The molecule has 0 unspecified atom stereocenters. The van der Waals surface area contributed by atoms with Gasteiger partial charge in [0, 0.05) is 5.56 Å². The maximum Gasteiger partial charge on any atom is 0.201 e. The third kappa shape index (κ3) is 2.82. The zero-order valence-electron chi connectivity index (χ0n) is 15.1. The van der Waals surface area contributed by atoms with Crippen LogP contribution in [0.3, 0.4) is 0 Å². The van der Waals surface area contributed by atoms with E-state index in [1.165, 1.54) is 44.1 Å². The first-order valence-electron chi connectivity index (χ1n) is 9.29. The second-order valence-electron chi connectivity index (χ2n) is 8.21. The first-order valence-corrected chi connectivity index (χ1v) is 9.29. The highest BCUT2D eigenvalue weighted by atomic mass is 16.5. The second kappa shape index (κ2) is 6.31. The van der Waals surface area contributed by atoms with E-state index in [4.69, 9.17) is 21.1 Å². The van der Waals surface area contributed by atoms with Crippen LogP contribution in [0, 0.1) is 34.5 Å². The largest absolute Gasteiger partial charge is 0.496 e. The molecule has 0 heterocycles. The van der Waals surface area contributed by atoms with E-state index in [9.17, 15) is 0 Å². The molecule has 0 atom stereocenters. The van der Waals surface area contributed by atoms with E-state index in [0.717, 1.165) is 29.2 Å². The fourth-order valence-corrected chi connectivity index (χ4v) is 5.90. The molecule has 0 aliphatic heterocycles. The van der Waals surface area contributed by atoms with Gasteiger partial charge in [0.15, 0.2) is 5.84 Å². The summed E-state index contributed by atoms with van der Waals surface area (Å²) < 4.78 is 5.70. The van der Waals surface area contributed by atoms with E-state index in [0.29, 0.717) is 0 Å². The number of ether oxygens (including phenoxy) is 1. The Hall–Kier alpha value is -2.55. The molecule has 0 amide bonds. The Morgan fingerprint density at radius 3 is 2.38 bits per heavy atom. The van der Waals surface area contributed by atoms with Gasteiger partial charge in [-0.25, -0.2) is 0 Å². The van der Waals surface area contributed by atoms with E-state index < -0.39 is 0 Å². The fraction of sp³-hybridized carbons (Fsp3) is 0.550. The van der Waals surface area contributed by atoms with E-state index in [1.807, 2.05) is 18.2 Å². The summed E-state index contributed by atoms with van der Waals surface area (Å²) in [6.45, 7) is 0. The molecule has 0 radical (unpaired) electrons. The second-order valence-corrected chi connectivity index (χ2v) is 8.21. The van der Waals surface area contributed by atoms with Gasteiger partial charge in [-0.05, 0) is 79.9 Å². The van der Waals surface area contributed by atoms with Gasteiger partial charge in [-0.15, -0.1) is 0 Å². The summed E-state index contributed by atoms with van der Waals surface area (Å²) in [6, 6.07) is 7.81. The molecule has 26 heavy (non-hydrogen) atoms. The number of amidine groups is 1. The highest BCUT2D eigenvalue weighted by Gasteiger charge is 2.52. The molecule has 4 saturated carbocycles. The summed E-state index contributed by atoms with van der Waals surface area (Å²) in [6.07, 6.45) is 7.94. The van der Waals surface area contributed by atoms with Gasteiger partial charge in [-0.1, -0.05) is 0 Å². The number of nitrogens with zero attached hydrogens (tertiary/aromatic N) is 2. The Morgan fingerprint density at radius 1 is 1.27 bits per heavy atom. The molecule has 1 aromatic carbocycles. The maximum atomic E-state index is 9.00. The Kier molecular flexibility index (Phi) is 4.10. The van der Waals surface area contributed by atoms with E-state index in [2.05, 4.69) is 16.6 Å². The lowest BCUT2D eigenvalue weighted by Gasteiger charge is -2.57. The summed E-state index contributed by atoms with van der Waals surface area (Å²) in [4.78, 5) is 0. The topological polar surface area (TPSA) is 107 Å². The quantitative estimate of drug-likeness (QED) is 0.429. The molecule has 4 N–H and O–H groups in total. The minimum Gasteiger partial charge on any atom is -0.496 e. The van der Waals surface area contributed by atoms with E-state index in [-0.39, 0.29) is 17.0 Å². The van der Waals surface area contributed by atoms with E-state index in [1.54, 1.807) is 7.11 Å². The Balaban J connectivity index is 1.68. The molecular formula is C20H25N5O. The first kappa shape index (κ1) is 16.9. The predicted molar refractivity (Wildman–Crippen MR) is 101 cm³/mol. The Morgan fingerprint density at radius 2 is 1.88 bits per heavy atom. The predicted octanol–water partition coefficient (Wildman–Crippen LogP) is 3.39. The van der Waals surface area contributed by atoms with Crippen LogP contribution in [0.15, 0.2) is 23.3 Å². The molecular weight excluding hydrogens is 326 g/mol. The van der Waals surface area contributed by atoms with Crippen LogP contribution in [0.2, 0.25) is 0 Å². The normalized spacial score (nSPS) is 32.2. The number of nitriles is 1. The van der Waals surface area contributed by atoms with Crippen LogP contribution in [0.1, 0.15) is 44.1 Å². The number of hydrogen-bond donors (Lipinski definition) is 3. The van der Waals surface area contributed by atoms with Crippen molar-refractivity contribution in [1.82, 2.24) is 0 Å². The molecule has 4 aliphatic rings. The molecule has 1 aromatic rings. The van der Waals surface area contributed by atoms with Gasteiger partial charge in [-0.2, -0.15) is 10.4 Å². The lowest BCUT2D eigenvalue weighted by Crippen LogP contribution is -2.48. The zero-order chi connectivity index (χ0) is 18.3. The van der Waals surface area contributed by atoms with Crippen molar-refractivity contribution < 1.29 is 4.74 Å². The number of nitrogens with two attached hydrogens (primary N) is 1. The van der Waals surface area contributed by atoms with Gasteiger partial charge in [0.05, 0.1) is 12.8 Å². The molecule has 0 spiro atoms. The summed E-state index contributed by atoms with van der Waals surface area (Å²) >= 11 is 0. The number of methoxy groups -OCH3 is 1. The third-order valence-electron chi connectivity index (χ3n) is 6.47. The summed E-state index contributed by atoms with van der Waals surface area (Å²) in [7, 11) is 1.73. The number of anilines is 1. The van der Waals surface area contributed by atoms with Crippen LogP contribution in [0.5, 0.6) is 5.75 Å². The van der Waals surface area contributed by atoms with Gasteiger partial charge in [-0.3, -0.25) is 10.8 Å². The molecule has 5 rings (SSSR count). The van der Waals surface area contributed by atoms with Crippen LogP contribution in [-0.4, -0.2) is 18.7 Å². The Bertz CT molecular complexity index is 772. The average Bonchev–Trinajstić information content (AvgIpc) is 2.60. The molecule has 4 aliphatic carbocycles. The van der Waals surface area contributed by atoms with Crippen molar-refractivity contribution in [3.63, 3.8) is 0 Å². The highest BCUT2D eigenvalue weighted by Crippen LogP contribution is 2.62. The van der Waals surface area contributed by atoms with Crippen LogP contribution >= 0.6 is 0 Å². The molecule has 0 saturated heterocycles. The monoisotopic (exact) mass is 351 g/mol. The molecule has 6 heteroatoms. The van der Waals surface area contributed by atoms with Crippen molar-refractivity contribution in [2.75, 3.05) is 12.5 Å². The molecule has 4 fully saturated rings. The number of hydrazone groups is 1. The van der Waals surface area contributed by atoms with Gasteiger partial charge < -0.3 is 10.5 Å². The lowest BCUT2D eigenvalue weighted by molar-refractivity contribution is -0.00613. The number of nitrogens with one attached hydrogen (secondary N) is 2. The minimum atomic E-state index is -0.338. The standard InChI is InChI=1S/C20H25N5O/c1-26-18-3-2-15(24-25-17(11-21)19(22)23)7-16(18)20-8-12-4-13(9-20)6-14(5-12)10-20/h2-3,7,12-14,24H,4-6,8-10H2,1H3,(H3,22,23)/b25-17+. The Labute approximate surface area is 153 Å². The molecule has 4 bridgehead atoms. The number of hydrogen-bond acceptors (Lipinski definition) is 5. The van der Waals surface area contributed by atoms with Gasteiger partial charge in [0.1, 0.15) is 11.8 Å². The van der Waals surface area contributed by atoms with Crippen molar-refractivity contribution in [2.45, 2.75) is 43.9 Å². The number of rotatable bonds is 5.